The normalized spacial score (nSPS) is 11.4. The van der Waals surface area contributed by atoms with Crippen LogP contribution in [0.5, 0.6) is 0 Å². The summed E-state index contributed by atoms with van der Waals surface area (Å²) in [6.07, 6.45) is 0. The van der Waals surface area contributed by atoms with Gasteiger partial charge in [0.15, 0.2) is 5.16 Å². The number of thioether (sulfide) groups is 1. The van der Waals surface area contributed by atoms with Gasteiger partial charge in [0, 0.05) is 13.1 Å². The van der Waals surface area contributed by atoms with Crippen LogP contribution in [-0.2, 0) is 12.8 Å². The standard InChI is InChI=1S/C10H17N7S/c1-6(2)17-9(11)14-15-10(17)18-5-8-13-12-7(3)16(8)4/h6H,5H2,1-4H3,(H2,11,14). The van der Waals surface area contributed by atoms with Crippen molar-refractivity contribution in [1.29, 1.82) is 0 Å². The summed E-state index contributed by atoms with van der Waals surface area (Å²) < 4.78 is 3.88. The molecule has 2 N–H and O–H groups in total. The first kappa shape index (κ1) is 12.9. The van der Waals surface area contributed by atoms with E-state index in [0.29, 0.717) is 11.7 Å². The van der Waals surface area contributed by atoms with Crippen molar-refractivity contribution in [2.75, 3.05) is 5.73 Å². The number of hydrogen-bond donors (Lipinski definition) is 1. The Labute approximate surface area is 110 Å². The highest BCUT2D eigenvalue weighted by Gasteiger charge is 2.14. The van der Waals surface area contributed by atoms with Crippen molar-refractivity contribution in [3.05, 3.63) is 11.6 Å². The zero-order valence-electron chi connectivity index (χ0n) is 11.0. The Morgan fingerprint density at radius 2 is 1.94 bits per heavy atom. The van der Waals surface area contributed by atoms with Gasteiger partial charge < -0.3 is 10.3 Å². The molecule has 0 aliphatic rings. The van der Waals surface area contributed by atoms with Crippen LogP contribution in [0.15, 0.2) is 5.16 Å². The van der Waals surface area contributed by atoms with Crippen LogP contribution >= 0.6 is 11.8 Å². The summed E-state index contributed by atoms with van der Waals surface area (Å²) in [4.78, 5) is 0. The Morgan fingerprint density at radius 3 is 2.50 bits per heavy atom. The molecule has 0 spiro atoms. The zero-order valence-corrected chi connectivity index (χ0v) is 11.8. The molecular formula is C10H17N7S. The van der Waals surface area contributed by atoms with Gasteiger partial charge in [0.25, 0.3) is 0 Å². The smallest absolute Gasteiger partial charge is 0.222 e. The van der Waals surface area contributed by atoms with Crippen LogP contribution in [0.2, 0.25) is 0 Å². The first-order valence-corrected chi connectivity index (χ1v) is 6.67. The highest BCUT2D eigenvalue weighted by molar-refractivity contribution is 7.98. The summed E-state index contributed by atoms with van der Waals surface area (Å²) in [5.41, 5.74) is 5.79. The summed E-state index contributed by atoms with van der Waals surface area (Å²) in [7, 11) is 1.95. The second kappa shape index (κ2) is 4.97. The predicted molar refractivity (Wildman–Crippen MR) is 70.1 cm³/mol. The number of anilines is 1. The summed E-state index contributed by atoms with van der Waals surface area (Å²) in [6, 6.07) is 0.240. The van der Waals surface area contributed by atoms with Gasteiger partial charge in [0.05, 0.1) is 5.75 Å². The average Bonchev–Trinajstić information content (AvgIpc) is 2.82. The summed E-state index contributed by atoms with van der Waals surface area (Å²) in [5.74, 6) is 2.95. The van der Waals surface area contributed by atoms with Crippen molar-refractivity contribution >= 4 is 17.7 Å². The number of hydrogen-bond acceptors (Lipinski definition) is 6. The minimum atomic E-state index is 0.240. The zero-order chi connectivity index (χ0) is 13.3. The van der Waals surface area contributed by atoms with E-state index >= 15 is 0 Å². The van der Waals surface area contributed by atoms with Gasteiger partial charge in [-0.2, -0.15) is 0 Å². The Balaban J connectivity index is 2.13. The molecule has 98 valence electrons. The molecule has 2 rings (SSSR count). The molecule has 0 saturated carbocycles. The molecular weight excluding hydrogens is 250 g/mol. The largest absolute Gasteiger partial charge is 0.368 e. The van der Waals surface area contributed by atoms with Crippen LogP contribution in [-0.4, -0.2) is 29.5 Å². The van der Waals surface area contributed by atoms with E-state index in [1.807, 2.05) is 23.1 Å². The Kier molecular flexibility index (Phi) is 3.55. The SMILES string of the molecule is Cc1nnc(CSc2nnc(N)n2C(C)C)n1C. The Morgan fingerprint density at radius 1 is 1.22 bits per heavy atom. The van der Waals surface area contributed by atoms with E-state index in [-0.39, 0.29) is 6.04 Å². The van der Waals surface area contributed by atoms with Gasteiger partial charge in [0.2, 0.25) is 5.95 Å². The first-order valence-electron chi connectivity index (χ1n) is 5.68. The number of rotatable bonds is 4. The number of nitrogen functional groups attached to an aromatic ring is 1. The molecule has 0 aliphatic heterocycles. The van der Waals surface area contributed by atoms with Crippen molar-refractivity contribution < 1.29 is 0 Å². The summed E-state index contributed by atoms with van der Waals surface area (Å²) >= 11 is 1.56. The van der Waals surface area contributed by atoms with Crippen molar-refractivity contribution in [1.82, 2.24) is 29.5 Å². The molecule has 0 fully saturated rings. The lowest BCUT2D eigenvalue weighted by Gasteiger charge is -2.10. The molecule has 0 saturated heterocycles. The fraction of sp³-hybridized carbons (Fsp3) is 0.600. The van der Waals surface area contributed by atoms with Crippen LogP contribution in [0.3, 0.4) is 0 Å². The Hall–Kier alpha value is -1.57. The molecule has 2 heterocycles. The molecule has 7 nitrogen and oxygen atoms in total. The second-order valence-corrected chi connectivity index (χ2v) is 5.26. The monoisotopic (exact) mass is 267 g/mol. The fourth-order valence-electron chi connectivity index (χ4n) is 1.58. The Bertz CT molecular complexity index is 542. The molecule has 0 bridgehead atoms. The van der Waals surface area contributed by atoms with Gasteiger partial charge in [-0.25, -0.2) is 0 Å². The van der Waals surface area contributed by atoms with Crippen LogP contribution in [0, 0.1) is 6.92 Å². The summed E-state index contributed by atoms with van der Waals surface area (Å²) in [6.45, 7) is 6.03. The fourth-order valence-corrected chi connectivity index (χ4v) is 2.63. The quantitative estimate of drug-likeness (QED) is 0.837. The van der Waals surface area contributed by atoms with E-state index < -0.39 is 0 Å². The molecule has 2 aromatic rings. The van der Waals surface area contributed by atoms with Crippen molar-refractivity contribution in [3.63, 3.8) is 0 Å². The third kappa shape index (κ3) is 2.33. The van der Waals surface area contributed by atoms with E-state index in [1.165, 1.54) is 0 Å². The van der Waals surface area contributed by atoms with Gasteiger partial charge in [0.1, 0.15) is 11.6 Å². The highest BCUT2D eigenvalue weighted by Crippen LogP contribution is 2.25. The maximum Gasteiger partial charge on any atom is 0.222 e. The molecule has 0 radical (unpaired) electrons. The minimum Gasteiger partial charge on any atom is -0.368 e. The molecule has 8 heteroatoms. The summed E-state index contributed by atoms with van der Waals surface area (Å²) in [5, 5.41) is 16.9. The van der Waals surface area contributed by atoms with Crippen LogP contribution in [0.25, 0.3) is 0 Å². The molecule has 18 heavy (non-hydrogen) atoms. The molecule has 0 aromatic carbocycles. The van der Waals surface area contributed by atoms with Gasteiger partial charge in [-0.1, -0.05) is 11.8 Å². The first-order chi connectivity index (χ1) is 8.50. The third-order valence-corrected chi connectivity index (χ3v) is 3.66. The highest BCUT2D eigenvalue weighted by atomic mass is 32.2. The molecule has 0 aliphatic carbocycles. The predicted octanol–water partition coefficient (Wildman–Crippen LogP) is 1.17. The second-order valence-electron chi connectivity index (χ2n) is 4.32. The van der Waals surface area contributed by atoms with Gasteiger partial charge in [-0.3, -0.25) is 4.57 Å². The van der Waals surface area contributed by atoms with Crippen molar-refractivity contribution in [2.45, 2.75) is 37.7 Å². The van der Waals surface area contributed by atoms with Gasteiger partial charge in [-0.05, 0) is 20.8 Å². The molecule has 0 amide bonds. The van der Waals surface area contributed by atoms with Crippen molar-refractivity contribution in [3.8, 4) is 0 Å². The van der Waals surface area contributed by atoms with E-state index in [9.17, 15) is 0 Å². The van der Waals surface area contributed by atoms with Crippen LogP contribution < -0.4 is 5.73 Å². The lowest BCUT2D eigenvalue weighted by molar-refractivity contribution is 0.557. The van der Waals surface area contributed by atoms with Gasteiger partial charge >= 0.3 is 0 Å². The lowest BCUT2D eigenvalue weighted by atomic mass is 10.4. The maximum atomic E-state index is 5.79. The van der Waals surface area contributed by atoms with Crippen LogP contribution in [0.4, 0.5) is 5.95 Å². The lowest BCUT2D eigenvalue weighted by Crippen LogP contribution is -2.07. The maximum absolute atomic E-state index is 5.79. The van der Waals surface area contributed by atoms with Crippen LogP contribution in [0.1, 0.15) is 31.5 Å². The van der Waals surface area contributed by atoms with Crippen molar-refractivity contribution in [2.24, 2.45) is 7.05 Å². The molecule has 2 aromatic heterocycles. The van der Waals surface area contributed by atoms with E-state index in [0.717, 1.165) is 16.8 Å². The number of nitrogens with two attached hydrogens (primary N) is 1. The van der Waals surface area contributed by atoms with Gasteiger partial charge in [-0.15, -0.1) is 20.4 Å². The molecule has 0 atom stereocenters. The average molecular weight is 267 g/mol. The number of aryl methyl sites for hydroxylation is 1. The third-order valence-electron chi connectivity index (χ3n) is 2.72. The topological polar surface area (TPSA) is 87.4 Å². The van der Waals surface area contributed by atoms with E-state index in [4.69, 9.17) is 5.73 Å². The van der Waals surface area contributed by atoms with E-state index in [2.05, 4.69) is 34.2 Å². The van der Waals surface area contributed by atoms with E-state index in [1.54, 1.807) is 11.8 Å². The number of nitrogens with zero attached hydrogens (tertiary/aromatic N) is 6. The molecule has 0 unspecified atom stereocenters. The minimum absolute atomic E-state index is 0.240. The number of aromatic nitrogens is 6.